The lowest BCUT2D eigenvalue weighted by Gasteiger charge is -2.19. The highest BCUT2D eigenvalue weighted by Crippen LogP contribution is 2.32. The third kappa shape index (κ3) is 5.58. The molecule has 1 aromatic carbocycles. The van der Waals surface area contributed by atoms with Crippen LogP contribution in [0.1, 0.15) is 11.5 Å². The molecule has 11 nitrogen and oxygen atoms in total. The zero-order valence-electron chi connectivity index (χ0n) is 20.9. The van der Waals surface area contributed by atoms with Gasteiger partial charge in [-0.15, -0.1) is 0 Å². The summed E-state index contributed by atoms with van der Waals surface area (Å²) in [5.74, 6) is 2.38. The highest BCUT2D eigenvalue weighted by molar-refractivity contribution is 5.72. The van der Waals surface area contributed by atoms with Gasteiger partial charge in [-0.2, -0.15) is 0 Å². The fourth-order valence-electron chi connectivity index (χ4n) is 3.64. The first-order chi connectivity index (χ1) is 17.4. The molecule has 3 heterocycles. The van der Waals surface area contributed by atoms with E-state index in [0.29, 0.717) is 35.4 Å². The monoisotopic (exact) mass is 491 g/mol. The van der Waals surface area contributed by atoms with Crippen LogP contribution in [0.2, 0.25) is 0 Å². The predicted molar refractivity (Wildman–Crippen MR) is 135 cm³/mol. The average Bonchev–Trinajstić information content (AvgIpc) is 3.24. The van der Waals surface area contributed by atoms with Crippen LogP contribution in [0.4, 0.5) is 11.5 Å². The Hall–Kier alpha value is -4.09. The van der Waals surface area contributed by atoms with E-state index in [1.54, 1.807) is 19.4 Å². The molecule has 4 rings (SSSR count). The van der Waals surface area contributed by atoms with Gasteiger partial charge in [-0.05, 0) is 33.0 Å². The fraction of sp³-hybridized carbons (Fsp3) is 0.320. The summed E-state index contributed by atoms with van der Waals surface area (Å²) in [7, 11) is 5.17. The van der Waals surface area contributed by atoms with Crippen LogP contribution in [0.15, 0.2) is 47.2 Å². The summed E-state index contributed by atoms with van der Waals surface area (Å²) in [6, 6.07) is 9.59. The number of aromatic nitrogens is 5. The number of aliphatic hydroxyl groups is 1. The predicted octanol–water partition coefficient (Wildman–Crippen LogP) is 2.94. The second kappa shape index (κ2) is 11.1. The lowest BCUT2D eigenvalue weighted by atomic mass is 10.1. The van der Waals surface area contributed by atoms with Gasteiger partial charge in [-0.3, -0.25) is 0 Å². The number of aryl methyl sites for hydroxylation is 2. The van der Waals surface area contributed by atoms with Crippen molar-refractivity contribution in [1.29, 1.82) is 0 Å². The van der Waals surface area contributed by atoms with Crippen LogP contribution in [0.5, 0.6) is 11.8 Å². The molecule has 0 spiro atoms. The fourth-order valence-corrected chi connectivity index (χ4v) is 3.64. The van der Waals surface area contributed by atoms with Gasteiger partial charge in [0.15, 0.2) is 5.82 Å². The number of hydrogen-bond donors (Lipinski definition) is 2. The Bertz CT molecular complexity index is 1290. The SMILES string of the molecule is CNCC(O)COc1cccc(-c2nc(-c3c(C)noc3C)cc(N(C)c3cnc(OC)nc3)n2)c1. The van der Waals surface area contributed by atoms with E-state index >= 15 is 0 Å². The molecule has 4 aromatic rings. The van der Waals surface area contributed by atoms with E-state index in [1.807, 2.05) is 56.1 Å². The summed E-state index contributed by atoms with van der Waals surface area (Å²) in [5, 5.41) is 17.0. The molecule has 36 heavy (non-hydrogen) atoms. The van der Waals surface area contributed by atoms with Gasteiger partial charge in [-0.25, -0.2) is 19.9 Å². The van der Waals surface area contributed by atoms with E-state index in [-0.39, 0.29) is 12.6 Å². The van der Waals surface area contributed by atoms with Crippen molar-refractivity contribution in [3.8, 4) is 34.4 Å². The molecular formula is C25H29N7O4. The number of nitrogens with zero attached hydrogens (tertiary/aromatic N) is 6. The molecule has 188 valence electrons. The normalized spacial score (nSPS) is 11.8. The molecule has 0 aliphatic heterocycles. The van der Waals surface area contributed by atoms with Crippen molar-refractivity contribution in [2.75, 3.05) is 39.3 Å². The van der Waals surface area contributed by atoms with Gasteiger partial charge < -0.3 is 29.3 Å². The summed E-state index contributed by atoms with van der Waals surface area (Å²) in [5.41, 5.74) is 3.69. The number of methoxy groups -OCH3 is 1. The zero-order chi connectivity index (χ0) is 25.7. The Kier molecular flexibility index (Phi) is 7.71. The Morgan fingerprint density at radius 1 is 1.14 bits per heavy atom. The molecule has 0 saturated carbocycles. The average molecular weight is 492 g/mol. The van der Waals surface area contributed by atoms with Gasteiger partial charge in [0.05, 0.1) is 42.1 Å². The Balaban J connectivity index is 1.74. The summed E-state index contributed by atoms with van der Waals surface area (Å²) < 4.78 is 16.2. The van der Waals surface area contributed by atoms with Crippen molar-refractivity contribution in [3.05, 3.63) is 54.2 Å². The van der Waals surface area contributed by atoms with Gasteiger partial charge in [0.25, 0.3) is 0 Å². The van der Waals surface area contributed by atoms with Gasteiger partial charge >= 0.3 is 6.01 Å². The lowest BCUT2D eigenvalue weighted by Crippen LogP contribution is -2.29. The van der Waals surface area contributed by atoms with Gasteiger partial charge in [0.1, 0.15) is 30.0 Å². The zero-order valence-corrected chi connectivity index (χ0v) is 20.9. The van der Waals surface area contributed by atoms with Crippen molar-refractivity contribution >= 4 is 11.5 Å². The molecule has 0 aliphatic carbocycles. The van der Waals surface area contributed by atoms with Crippen molar-refractivity contribution in [1.82, 2.24) is 30.4 Å². The number of benzene rings is 1. The molecule has 0 radical (unpaired) electrons. The second-order valence-electron chi connectivity index (χ2n) is 8.17. The number of anilines is 2. The number of rotatable bonds is 10. The molecule has 0 fully saturated rings. The van der Waals surface area contributed by atoms with E-state index < -0.39 is 6.10 Å². The number of ether oxygens (including phenoxy) is 2. The maximum absolute atomic E-state index is 9.98. The maximum atomic E-state index is 9.98. The summed E-state index contributed by atoms with van der Waals surface area (Å²) in [6.07, 6.45) is 2.70. The van der Waals surface area contributed by atoms with E-state index in [2.05, 4.69) is 20.4 Å². The maximum Gasteiger partial charge on any atom is 0.316 e. The quantitative estimate of drug-likeness (QED) is 0.339. The molecule has 2 N–H and O–H groups in total. The van der Waals surface area contributed by atoms with Crippen LogP contribution in [-0.4, -0.2) is 70.7 Å². The van der Waals surface area contributed by atoms with E-state index in [4.69, 9.17) is 24.0 Å². The summed E-state index contributed by atoms with van der Waals surface area (Å²) >= 11 is 0. The molecule has 0 amide bonds. The molecule has 1 atom stereocenters. The van der Waals surface area contributed by atoms with Crippen molar-refractivity contribution < 1.29 is 19.1 Å². The number of aliphatic hydroxyl groups excluding tert-OH is 1. The number of nitrogens with one attached hydrogen (secondary N) is 1. The van der Waals surface area contributed by atoms with E-state index in [9.17, 15) is 5.11 Å². The third-order valence-corrected chi connectivity index (χ3v) is 5.50. The van der Waals surface area contributed by atoms with Gasteiger partial charge in [0.2, 0.25) is 0 Å². The Labute approximate surface area is 209 Å². The van der Waals surface area contributed by atoms with E-state index in [1.165, 1.54) is 7.11 Å². The Morgan fingerprint density at radius 2 is 1.92 bits per heavy atom. The van der Waals surface area contributed by atoms with Crippen LogP contribution in [-0.2, 0) is 0 Å². The number of likely N-dealkylation sites (N-methyl/N-ethyl adjacent to an activating group) is 1. The molecule has 0 saturated heterocycles. The van der Waals surface area contributed by atoms with E-state index in [0.717, 1.165) is 22.5 Å². The first-order valence-electron chi connectivity index (χ1n) is 11.4. The van der Waals surface area contributed by atoms with Crippen molar-refractivity contribution in [2.24, 2.45) is 0 Å². The van der Waals surface area contributed by atoms with Crippen LogP contribution in [0.25, 0.3) is 22.6 Å². The largest absolute Gasteiger partial charge is 0.491 e. The third-order valence-electron chi connectivity index (χ3n) is 5.50. The van der Waals surface area contributed by atoms with Crippen LogP contribution < -0.4 is 19.7 Å². The number of hydrogen-bond acceptors (Lipinski definition) is 11. The molecule has 3 aromatic heterocycles. The topological polar surface area (TPSA) is 132 Å². The van der Waals surface area contributed by atoms with Crippen molar-refractivity contribution in [2.45, 2.75) is 20.0 Å². The van der Waals surface area contributed by atoms with Crippen LogP contribution >= 0.6 is 0 Å². The minimum absolute atomic E-state index is 0.162. The first kappa shape index (κ1) is 25.0. The second-order valence-corrected chi connectivity index (χ2v) is 8.17. The standard InChI is InChI=1S/C25H29N7O4/c1-15-23(16(2)36-31-15)21-10-22(32(4)18-11-27-25(34-5)28-12-18)30-24(29-21)17-7-6-8-20(9-17)35-14-19(33)13-26-3/h6-12,19,26,33H,13-14H2,1-5H3. The summed E-state index contributed by atoms with van der Waals surface area (Å²) in [4.78, 5) is 19.9. The molecular weight excluding hydrogens is 462 g/mol. The smallest absolute Gasteiger partial charge is 0.316 e. The summed E-state index contributed by atoms with van der Waals surface area (Å²) in [6.45, 7) is 4.32. The van der Waals surface area contributed by atoms with Gasteiger partial charge in [-0.1, -0.05) is 17.3 Å². The Morgan fingerprint density at radius 3 is 2.58 bits per heavy atom. The van der Waals surface area contributed by atoms with Crippen LogP contribution in [0, 0.1) is 13.8 Å². The van der Waals surface area contributed by atoms with Crippen molar-refractivity contribution in [3.63, 3.8) is 0 Å². The lowest BCUT2D eigenvalue weighted by molar-refractivity contribution is 0.108. The van der Waals surface area contributed by atoms with Crippen LogP contribution in [0.3, 0.4) is 0 Å². The minimum atomic E-state index is -0.621. The molecule has 11 heteroatoms. The highest BCUT2D eigenvalue weighted by atomic mass is 16.5. The highest BCUT2D eigenvalue weighted by Gasteiger charge is 2.19. The molecule has 0 aliphatic rings. The minimum Gasteiger partial charge on any atom is -0.491 e. The first-order valence-corrected chi connectivity index (χ1v) is 11.4. The molecule has 0 bridgehead atoms. The molecule has 1 unspecified atom stereocenters. The van der Waals surface area contributed by atoms with Gasteiger partial charge in [0, 0.05) is 25.2 Å².